The molecule has 3 rings (SSSR count). The Morgan fingerprint density at radius 1 is 0.931 bits per heavy atom. The van der Waals surface area contributed by atoms with Gasteiger partial charge >= 0.3 is 0 Å². The second kappa shape index (κ2) is 7.82. The van der Waals surface area contributed by atoms with Crippen molar-refractivity contribution in [3.05, 3.63) is 68.0 Å². The summed E-state index contributed by atoms with van der Waals surface area (Å²) in [6, 6.07) is 3.48. The molecule has 1 fully saturated rings. The molecule has 1 heterocycles. The second-order valence-corrected chi connectivity index (χ2v) is 6.53. The van der Waals surface area contributed by atoms with E-state index in [9.17, 15) is 36.9 Å². The number of hydrogen-bond acceptors (Lipinski definition) is 4. The van der Waals surface area contributed by atoms with Gasteiger partial charge in [0.2, 0.25) is 5.82 Å². The van der Waals surface area contributed by atoms with Crippen LogP contribution in [0.2, 0.25) is 5.02 Å². The van der Waals surface area contributed by atoms with Gasteiger partial charge in [-0.3, -0.25) is 14.9 Å². The lowest BCUT2D eigenvalue weighted by atomic mass is 10.1. The highest BCUT2D eigenvalue weighted by Gasteiger charge is 2.32. The molecule has 12 heteroatoms. The molecule has 0 spiro atoms. The molecule has 0 bridgehead atoms. The van der Waals surface area contributed by atoms with E-state index in [2.05, 4.69) is 0 Å². The molecule has 2 aromatic rings. The van der Waals surface area contributed by atoms with Gasteiger partial charge in [0.05, 0.1) is 4.92 Å². The van der Waals surface area contributed by atoms with Crippen LogP contribution in [0.4, 0.5) is 33.3 Å². The molecular formula is C17H11ClF5N3O3. The van der Waals surface area contributed by atoms with Crippen molar-refractivity contribution in [3.8, 4) is 0 Å². The molecular weight excluding hydrogens is 425 g/mol. The van der Waals surface area contributed by atoms with Crippen LogP contribution in [0, 0.1) is 39.2 Å². The van der Waals surface area contributed by atoms with Gasteiger partial charge in [0.25, 0.3) is 11.6 Å². The smallest absolute Gasteiger partial charge is 0.288 e. The normalized spacial score (nSPS) is 14.3. The van der Waals surface area contributed by atoms with Crippen molar-refractivity contribution >= 4 is 28.9 Å². The van der Waals surface area contributed by atoms with Crippen molar-refractivity contribution in [1.29, 1.82) is 0 Å². The van der Waals surface area contributed by atoms with Crippen molar-refractivity contribution in [2.45, 2.75) is 0 Å². The number of hydrogen-bond donors (Lipinski definition) is 0. The van der Waals surface area contributed by atoms with E-state index in [0.29, 0.717) is 0 Å². The van der Waals surface area contributed by atoms with Gasteiger partial charge in [0, 0.05) is 37.8 Å². The van der Waals surface area contributed by atoms with Crippen LogP contribution in [0.1, 0.15) is 10.4 Å². The predicted octanol–water partition coefficient (Wildman–Crippen LogP) is 3.91. The number of benzene rings is 2. The first-order chi connectivity index (χ1) is 13.6. The molecule has 1 aliphatic rings. The largest absolute Gasteiger partial charge is 0.363 e. The maximum atomic E-state index is 13.9. The summed E-state index contributed by atoms with van der Waals surface area (Å²) in [6.07, 6.45) is 0. The van der Waals surface area contributed by atoms with Crippen LogP contribution in [0.15, 0.2) is 18.2 Å². The lowest BCUT2D eigenvalue weighted by Gasteiger charge is -2.36. The fourth-order valence-corrected chi connectivity index (χ4v) is 3.16. The summed E-state index contributed by atoms with van der Waals surface area (Å²) in [5, 5.41) is 10.8. The van der Waals surface area contributed by atoms with E-state index < -0.39 is 51.3 Å². The summed E-state index contributed by atoms with van der Waals surface area (Å²) >= 11 is 5.70. The fraction of sp³-hybridized carbons (Fsp3) is 0.235. The van der Waals surface area contributed by atoms with E-state index in [4.69, 9.17) is 11.6 Å². The molecule has 154 valence electrons. The number of halogens is 6. The minimum absolute atomic E-state index is 0.0224. The van der Waals surface area contributed by atoms with Gasteiger partial charge in [-0.25, -0.2) is 22.0 Å². The monoisotopic (exact) mass is 435 g/mol. The van der Waals surface area contributed by atoms with Crippen molar-refractivity contribution in [1.82, 2.24) is 4.90 Å². The molecule has 0 aromatic heterocycles. The Kier molecular flexibility index (Phi) is 5.60. The van der Waals surface area contributed by atoms with E-state index in [0.717, 1.165) is 11.0 Å². The average Bonchev–Trinajstić information content (AvgIpc) is 2.71. The number of nitro benzene ring substituents is 1. The van der Waals surface area contributed by atoms with Gasteiger partial charge in [-0.05, 0) is 12.1 Å². The predicted molar refractivity (Wildman–Crippen MR) is 92.5 cm³/mol. The fourth-order valence-electron chi connectivity index (χ4n) is 2.97. The summed E-state index contributed by atoms with van der Waals surface area (Å²) in [4.78, 5) is 24.9. The van der Waals surface area contributed by atoms with Gasteiger partial charge in [-0.1, -0.05) is 11.6 Å². The number of rotatable bonds is 3. The van der Waals surface area contributed by atoms with Gasteiger partial charge in [0.15, 0.2) is 23.3 Å². The maximum absolute atomic E-state index is 13.9. The average molecular weight is 436 g/mol. The Labute approximate surface area is 165 Å². The van der Waals surface area contributed by atoms with Crippen LogP contribution in [-0.4, -0.2) is 41.9 Å². The van der Waals surface area contributed by atoms with Crippen LogP contribution in [-0.2, 0) is 0 Å². The van der Waals surface area contributed by atoms with E-state index >= 15 is 0 Å². The zero-order valence-corrected chi connectivity index (χ0v) is 15.2. The van der Waals surface area contributed by atoms with Crippen molar-refractivity contribution in [2.75, 3.05) is 31.1 Å². The minimum atomic E-state index is -2.25. The summed E-state index contributed by atoms with van der Waals surface area (Å²) in [5.41, 5.74) is -1.54. The highest BCUT2D eigenvalue weighted by Crippen LogP contribution is 2.31. The standard InChI is InChI=1S/C17H11ClF5N3O3/c18-9-2-1-8(7-10(9)26(28)29)17(27)25-5-3-24(4-6-25)16-14(22)12(20)11(19)13(21)15(16)23/h1-2,7H,3-6H2. The molecule has 1 amide bonds. The van der Waals surface area contributed by atoms with Gasteiger partial charge in [-0.15, -0.1) is 0 Å². The Morgan fingerprint density at radius 2 is 1.45 bits per heavy atom. The number of nitrogens with zero attached hydrogens (tertiary/aromatic N) is 3. The summed E-state index contributed by atoms with van der Waals surface area (Å²) < 4.78 is 67.9. The number of carbonyl (C=O) groups excluding carboxylic acids is 1. The van der Waals surface area contributed by atoms with Gasteiger partial charge < -0.3 is 9.80 Å². The molecule has 1 saturated heterocycles. The topological polar surface area (TPSA) is 66.7 Å². The SMILES string of the molecule is O=C(c1ccc(Cl)c([N+](=O)[O-])c1)N1CCN(c2c(F)c(F)c(F)c(F)c2F)CC1. The zero-order chi connectivity index (χ0) is 21.5. The quantitative estimate of drug-likeness (QED) is 0.241. The molecule has 6 nitrogen and oxygen atoms in total. The van der Waals surface area contributed by atoms with E-state index in [1.807, 2.05) is 0 Å². The number of amides is 1. The third-order valence-electron chi connectivity index (χ3n) is 4.46. The van der Waals surface area contributed by atoms with Gasteiger partial charge in [0.1, 0.15) is 10.7 Å². The molecule has 2 aromatic carbocycles. The Morgan fingerprint density at radius 3 is 1.97 bits per heavy atom. The number of piperazine rings is 1. The molecule has 1 aliphatic heterocycles. The van der Waals surface area contributed by atoms with Crippen LogP contribution in [0.25, 0.3) is 0 Å². The van der Waals surface area contributed by atoms with Crippen molar-refractivity contribution < 1.29 is 31.7 Å². The summed E-state index contributed by atoms with van der Waals surface area (Å²) in [5.74, 6) is -10.8. The lowest BCUT2D eigenvalue weighted by molar-refractivity contribution is -0.384. The van der Waals surface area contributed by atoms with Crippen LogP contribution in [0.5, 0.6) is 0 Å². The molecule has 0 unspecified atom stereocenters. The first-order valence-corrected chi connectivity index (χ1v) is 8.50. The lowest BCUT2D eigenvalue weighted by Crippen LogP contribution is -2.49. The summed E-state index contributed by atoms with van der Waals surface area (Å²) in [6.45, 7) is -0.622. The van der Waals surface area contributed by atoms with Crippen molar-refractivity contribution in [3.63, 3.8) is 0 Å². The molecule has 0 radical (unpaired) electrons. The Hall–Kier alpha value is -2.95. The van der Waals surface area contributed by atoms with E-state index in [-0.39, 0.29) is 36.8 Å². The van der Waals surface area contributed by atoms with Gasteiger partial charge in [-0.2, -0.15) is 0 Å². The van der Waals surface area contributed by atoms with E-state index in [1.54, 1.807) is 0 Å². The first kappa shape index (κ1) is 20.8. The van der Waals surface area contributed by atoms with E-state index in [1.165, 1.54) is 17.0 Å². The number of nitro groups is 1. The third kappa shape index (κ3) is 3.69. The van der Waals surface area contributed by atoms with Crippen molar-refractivity contribution in [2.24, 2.45) is 0 Å². The third-order valence-corrected chi connectivity index (χ3v) is 4.78. The molecule has 0 aliphatic carbocycles. The number of anilines is 1. The zero-order valence-electron chi connectivity index (χ0n) is 14.4. The highest BCUT2D eigenvalue weighted by molar-refractivity contribution is 6.32. The van der Waals surface area contributed by atoms with Crippen LogP contribution >= 0.6 is 11.6 Å². The summed E-state index contributed by atoms with van der Waals surface area (Å²) in [7, 11) is 0. The Bertz CT molecular complexity index is 983. The molecule has 0 N–H and O–H groups in total. The molecule has 0 atom stereocenters. The minimum Gasteiger partial charge on any atom is -0.363 e. The first-order valence-electron chi connectivity index (χ1n) is 8.13. The highest BCUT2D eigenvalue weighted by atomic mass is 35.5. The number of carbonyl (C=O) groups is 1. The Balaban J connectivity index is 1.79. The molecule has 0 saturated carbocycles. The van der Waals surface area contributed by atoms with Crippen LogP contribution < -0.4 is 4.90 Å². The maximum Gasteiger partial charge on any atom is 0.288 e. The molecule has 29 heavy (non-hydrogen) atoms. The second-order valence-electron chi connectivity index (χ2n) is 6.12. The van der Waals surface area contributed by atoms with Crippen LogP contribution in [0.3, 0.4) is 0 Å².